The monoisotopic (exact) mass is 287 g/mol. The molecule has 2 aromatic rings. The van der Waals surface area contributed by atoms with E-state index in [-0.39, 0.29) is 11.2 Å². The van der Waals surface area contributed by atoms with Crippen LogP contribution in [0.4, 0.5) is 4.39 Å². The molecule has 21 heavy (non-hydrogen) atoms. The Morgan fingerprint density at radius 1 is 1.38 bits per heavy atom. The standard InChI is InChI=1S/C17H22FN3/c1-3-13(2)21-8-7-16(20-21)10-17(11-19-12-17)14-5-4-6-15(18)9-14/h4-9,13,19H,3,10-12H2,1-2H3. The summed E-state index contributed by atoms with van der Waals surface area (Å²) >= 11 is 0. The maximum Gasteiger partial charge on any atom is 0.123 e. The highest BCUT2D eigenvalue weighted by Crippen LogP contribution is 2.32. The van der Waals surface area contributed by atoms with E-state index in [0.717, 1.165) is 37.2 Å². The van der Waals surface area contributed by atoms with E-state index in [9.17, 15) is 4.39 Å². The molecule has 1 aromatic heterocycles. The van der Waals surface area contributed by atoms with Gasteiger partial charge in [0.25, 0.3) is 0 Å². The Balaban J connectivity index is 1.83. The topological polar surface area (TPSA) is 29.9 Å². The van der Waals surface area contributed by atoms with Gasteiger partial charge in [-0.05, 0) is 37.1 Å². The Bertz CT molecular complexity index is 616. The molecule has 0 radical (unpaired) electrons. The number of benzene rings is 1. The Hall–Kier alpha value is -1.68. The van der Waals surface area contributed by atoms with Gasteiger partial charge in [-0.25, -0.2) is 4.39 Å². The Morgan fingerprint density at radius 3 is 2.81 bits per heavy atom. The van der Waals surface area contributed by atoms with Crippen LogP contribution in [0.25, 0.3) is 0 Å². The molecule has 0 spiro atoms. The molecule has 1 N–H and O–H groups in total. The van der Waals surface area contributed by atoms with Crippen LogP contribution in [-0.4, -0.2) is 22.9 Å². The fourth-order valence-electron chi connectivity index (χ4n) is 2.93. The van der Waals surface area contributed by atoms with Crippen molar-refractivity contribution in [3.05, 3.63) is 53.6 Å². The van der Waals surface area contributed by atoms with Crippen molar-refractivity contribution in [1.29, 1.82) is 0 Å². The highest BCUT2D eigenvalue weighted by molar-refractivity contribution is 5.32. The lowest BCUT2D eigenvalue weighted by Gasteiger charge is -2.43. The normalized spacial score (nSPS) is 18.2. The van der Waals surface area contributed by atoms with Crippen molar-refractivity contribution in [1.82, 2.24) is 15.1 Å². The van der Waals surface area contributed by atoms with Crippen molar-refractivity contribution in [2.45, 2.75) is 38.1 Å². The summed E-state index contributed by atoms with van der Waals surface area (Å²) in [6, 6.07) is 9.49. The van der Waals surface area contributed by atoms with E-state index >= 15 is 0 Å². The summed E-state index contributed by atoms with van der Waals surface area (Å²) in [6.07, 6.45) is 3.97. The van der Waals surface area contributed by atoms with Gasteiger partial charge in [0.2, 0.25) is 0 Å². The molecule has 1 saturated heterocycles. The van der Waals surface area contributed by atoms with Gasteiger partial charge in [0.05, 0.1) is 5.69 Å². The molecule has 0 aliphatic carbocycles. The molecule has 0 amide bonds. The quantitative estimate of drug-likeness (QED) is 0.916. The third-order valence-corrected chi connectivity index (χ3v) is 4.59. The predicted molar refractivity (Wildman–Crippen MR) is 81.9 cm³/mol. The predicted octanol–water partition coefficient (Wildman–Crippen LogP) is 3.08. The van der Waals surface area contributed by atoms with Crippen molar-refractivity contribution in [2.75, 3.05) is 13.1 Å². The zero-order chi connectivity index (χ0) is 14.9. The van der Waals surface area contributed by atoms with Crippen molar-refractivity contribution < 1.29 is 4.39 Å². The highest BCUT2D eigenvalue weighted by atomic mass is 19.1. The zero-order valence-corrected chi connectivity index (χ0v) is 12.6. The summed E-state index contributed by atoms with van der Waals surface area (Å²) in [5.74, 6) is -0.163. The van der Waals surface area contributed by atoms with E-state index in [1.165, 1.54) is 6.07 Å². The second-order valence-corrected chi connectivity index (χ2v) is 6.12. The minimum Gasteiger partial charge on any atom is -0.315 e. The van der Waals surface area contributed by atoms with Crippen molar-refractivity contribution >= 4 is 0 Å². The molecular weight excluding hydrogens is 265 g/mol. The molecular formula is C17H22FN3. The second kappa shape index (κ2) is 5.60. The van der Waals surface area contributed by atoms with Gasteiger partial charge < -0.3 is 5.32 Å². The maximum absolute atomic E-state index is 13.5. The third-order valence-electron chi connectivity index (χ3n) is 4.59. The first-order valence-corrected chi connectivity index (χ1v) is 7.64. The molecule has 0 bridgehead atoms. The first kappa shape index (κ1) is 14.3. The summed E-state index contributed by atoms with van der Waals surface area (Å²) in [5, 5.41) is 8.01. The van der Waals surface area contributed by atoms with Crippen molar-refractivity contribution in [3.8, 4) is 0 Å². The van der Waals surface area contributed by atoms with Crippen LogP contribution in [-0.2, 0) is 11.8 Å². The van der Waals surface area contributed by atoms with Crippen molar-refractivity contribution in [2.24, 2.45) is 0 Å². The molecule has 2 heterocycles. The van der Waals surface area contributed by atoms with Gasteiger partial charge in [0.1, 0.15) is 5.82 Å². The molecule has 3 rings (SSSR count). The summed E-state index contributed by atoms with van der Waals surface area (Å²) in [4.78, 5) is 0. The van der Waals surface area contributed by atoms with Gasteiger partial charge in [-0.2, -0.15) is 5.10 Å². The van der Waals surface area contributed by atoms with Gasteiger partial charge >= 0.3 is 0 Å². The Morgan fingerprint density at radius 2 is 2.19 bits per heavy atom. The van der Waals surface area contributed by atoms with E-state index in [4.69, 9.17) is 5.10 Å². The van der Waals surface area contributed by atoms with Crippen LogP contribution in [0.3, 0.4) is 0 Å². The van der Waals surface area contributed by atoms with Crippen LogP contribution in [0.5, 0.6) is 0 Å². The third kappa shape index (κ3) is 2.72. The molecule has 1 aliphatic heterocycles. The lowest BCUT2D eigenvalue weighted by atomic mass is 9.72. The van der Waals surface area contributed by atoms with E-state index in [1.54, 1.807) is 12.1 Å². The largest absolute Gasteiger partial charge is 0.315 e. The molecule has 1 unspecified atom stereocenters. The molecule has 1 aromatic carbocycles. The van der Waals surface area contributed by atoms with Gasteiger partial charge in [-0.1, -0.05) is 19.1 Å². The highest BCUT2D eigenvalue weighted by Gasteiger charge is 2.39. The van der Waals surface area contributed by atoms with Gasteiger partial charge in [0.15, 0.2) is 0 Å². The Labute approximate surface area is 125 Å². The summed E-state index contributed by atoms with van der Waals surface area (Å²) in [5.41, 5.74) is 2.14. The zero-order valence-electron chi connectivity index (χ0n) is 12.6. The van der Waals surface area contributed by atoms with Crippen LogP contribution >= 0.6 is 0 Å². The average Bonchev–Trinajstić information content (AvgIpc) is 2.90. The molecule has 0 saturated carbocycles. The number of nitrogens with one attached hydrogen (secondary N) is 1. The van der Waals surface area contributed by atoms with Crippen LogP contribution in [0.2, 0.25) is 0 Å². The number of hydrogen-bond donors (Lipinski definition) is 1. The number of rotatable bonds is 5. The summed E-state index contributed by atoms with van der Waals surface area (Å²) in [7, 11) is 0. The van der Waals surface area contributed by atoms with Gasteiger partial charge in [-0.3, -0.25) is 4.68 Å². The smallest absolute Gasteiger partial charge is 0.123 e. The lowest BCUT2D eigenvalue weighted by Crippen LogP contribution is -2.58. The van der Waals surface area contributed by atoms with Crippen LogP contribution < -0.4 is 5.32 Å². The molecule has 1 aliphatic rings. The van der Waals surface area contributed by atoms with Crippen molar-refractivity contribution in [3.63, 3.8) is 0 Å². The van der Waals surface area contributed by atoms with Gasteiger partial charge in [-0.15, -0.1) is 0 Å². The van der Waals surface area contributed by atoms with Crippen LogP contribution in [0, 0.1) is 5.82 Å². The number of nitrogens with zero attached hydrogens (tertiary/aromatic N) is 2. The summed E-state index contributed by atoms with van der Waals surface area (Å²) < 4.78 is 15.5. The van der Waals surface area contributed by atoms with E-state index in [1.807, 2.05) is 10.7 Å². The SMILES string of the molecule is CCC(C)n1ccc(CC2(c3cccc(F)c3)CNC2)n1. The van der Waals surface area contributed by atoms with E-state index < -0.39 is 0 Å². The van der Waals surface area contributed by atoms with E-state index in [2.05, 4.69) is 31.4 Å². The van der Waals surface area contributed by atoms with Crippen LogP contribution in [0.1, 0.15) is 37.6 Å². The summed E-state index contributed by atoms with van der Waals surface area (Å²) in [6.45, 7) is 6.10. The molecule has 1 atom stereocenters. The first-order valence-electron chi connectivity index (χ1n) is 7.64. The van der Waals surface area contributed by atoms with E-state index in [0.29, 0.717) is 6.04 Å². The second-order valence-electron chi connectivity index (χ2n) is 6.12. The fourth-order valence-corrected chi connectivity index (χ4v) is 2.93. The average molecular weight is 287 g/mol. The Kier molecular flexibility index (Phi) is 3.81. The fraction of sp³-hybridized carbons (Fsp3) is 0.471. The number of hydrogen-bond acceptors (Lipinski definition) is 2. The number of aromatic nitrogens is 2. The van der Waals surface area contributed by atoms with Crippen LogP contribution in [0.15, 0.2) is 36.5 Å². The minimum atomic E-state index is -0.163. The van der Waals surface area contributed by atoms with Gasteiger partial charge in [0, 0.05) is 37.2 Å². The first-order chi connectivity index (χ1) is 10.1. The molecule has 3 nitrogen and oxygen atoms in total. The molecule has 112 valence electrons. The lowest BCUT2D eigenvalue weighted by molar-refractivity contribution is 0.270. The minimum absolute atomic E-state index is 0.0171. The molecule has 1 fully saturated rings. The maximum atomic E-state index is 13.5. The number of halogens is 1. The molecule has 4 heteroatoms.